The van der Waals surface area contributed by atoms with Gasteiger partial charge in [-0.25, -0.2) is 4.99 Å². The van der Waals surface area contributed by atoms with E-state index in [0.29, 0.717) is 6.54 Å². The molecule has 0 radical (unpaired) electrons. The van der Waals surface area contributed by atoms with Crippen LogP contribution in [0.2, 0.25) is 0 Å². The normalized spacial score (nSPS) is 10.8. The largest absolute Gasteiger partial charge is 0.459 e. The first-order valence-corrected chi connectivity index (χ1v) is 10.2. The molecule has 0 saturated carbocycles. The standard InChI is InChI=1S/C24H28N4O2.HI/c1-2-25-24(26-16-6-10-19-8-4-3-5-9-19)27-18-20-12-14-21(15-13-20)28-23(29)22-11-7-17-30-22;/h3-5,7-9,11-15,17H,2,6,10,16,18H2,1H3,(H,28,29)(H2,25,26,27);1H. The van der Waals surface area contributed by atoms with Crippen molar-refractivity contribution in [2.75, 3.05) is 18.4 Å². The summed E-state index contributed by atoms with van der Waals surface area (Å²) in [6.07, 6.45) is 3.56. The highest BCUT2D eigenvalue weighted by Crippen LogP contribution is 2.12. The molecule has 0 aliphatic rings. The number of guanidine groups is 1. The van der Waals surface area contributed by atoms with Gasteiger partial charge in [0.15, 0.2) is 11.7 Å². The van der Waals surface area contributed by atoms with E-state index in [9.17, 15) is 4.79 Å². The predicted octanol–water partition coefficient (Wildman–Crippen LogP) is 4.84. The van der Waals surface area contributed by atoms with Crippen LogP contribution in [0.25, 0.3) is 0 Å². The van der Waals surface area contributed by atoms with Crippen molar-refractivity contribution >= 4 is 41.5 Å². The van der Waals surface area contributed by atoms with Gasteiger partial charge in [-0.15, -0.1) is 24.0 Å². The fourth-order valence-corrected chi connectivity index (χ4v) is 2.95. The van der Waals surface area contributed by atoms with Gasteiger partial charge in [0.1, 0.15) is 0 Å². The van der Waals surface area contributed by atoms with Crippen LogP contribution in [-0.4, -0.2) is 25.0 Å². The van der Waals surface area contributed by atoms with Gasteiger partial charge in [0.05, 0.1) is 12.8 Å². The molecule has 0 bridgehead atoms. The van der Waals surface area contributed by atoms with Gasteiger partial charge < -0.3 is 20.4 Å². The van der Waals surface area contributed by atoms with Crippen molar-refractivity contribution in [3.63, 3.8) is 0 Å². The van der Waals surface area contributed by atoms with Crippen molar-refractivity contribution in [1.29, 1.82) is 0 Å². The molecule has 3 aromatic rings. The Morgan fingerprint density at radius 3 is 2.39 bits per heavy atom. The van der Waals surface area contributed by atoms with E-state index in [-0.39, 0.29) is 35.6 Å². The van der Waals surface area contributed by atoms with Crippen LogP contribution < -0.4 is 16.0 Å². The SMILES string of the molecule is CCNC(=NCc1ccc(NC(=O)c2ccco2)cc1)NCCCc1ccccc1.I. The Labute approximate surface area is 200 Å². The summed E-state index contributed by atoms with van der Waals surface area (Å²) in [5.41, 5.74) is 3.13. The Balaban J connectivity index is 0.00000341. The van der Waals surface area contributed by atoms with E-state index in [1.54, 1.807) is 12.1 Å². The summed E-state index contributed by atoms with van der Waals surface area (Å²) < 4.78 is 5.10. The monoisotopic (exact) mass is 532 g/mol. The van der Waals surface area contributed by atoms with Crippen molar-refractivity contribution in [2.24, 2.45) is 4.99 Å². The number of carbonyl (C=O) groups excluding carboxylic acids is 1. The third-order valence-electron chi connectivity index (χ3n) is 4.50. The molecule has 0 atom stereocenters. The first-order chi connectivity index (χ1) is 14.7. The Morgan fingerprint density at radius 2 is 1.71 bits per heavy atom. The minimum absolute atomic E-state index is 0. The molecule has 1 amide bonds. The van der Waals surface area contributed by atoms with E-state index in [0.717, 1.165) is 43.1 Å². The van der Waals surface area contributed by atoms with Gasteiger partial charge in [-0.3, -0.25) is 4.79 Å². The number of anilines is 1. The molecule has 1 heterocycles. The smallest absolute Gasteiger partial charge is 0.291 e. The third-order valence-corrected chi connectivity index (χ3v) is 4.50. The molecule has 7 heteroatoms. The van der Waals surface area contributed by atoms with E-state index in [2.05, 4.69) is 52.1 Å². The third kappa shape index (κ3) is 8.45. The number of rotatable bonds is 9. The minimum Gasteiger partial charge on any atom is -0.459 e. The molecule has 2 aromatic carbocycles. The average molecular weight is 532 g/mol. The molecule has 0 aliphatic heterocycles. The summed E-state index contributed by atoms with van der Waals surface area (Å²) in [5.74, 6) is 0.831. The highest BCUT2D eigenvalue weighted by molar-refractivity contribution is 14.0. The van der Waals surface area contributed by atoms with E-state index >= 15 is 0 Å². The number of amides is 1. The number of hydrogen-bond acceptors (Lipinski definition) is 3. The second-order valence-electron chi connectivity index (χ2n) is 6.84. The summed E-state index contributed by atoms with van der Waals surface area (Å²) in [7, 11) is 0. The Hall–Kier alpha value is -2.81. The van der Waals surface area contributed by atoms with Crippen LogP contribution in [0.3, 0.4) is 0 Å². The number of carbonyl (C=O) groups is 1. The van der Waals surface area contributed by atoms with E-state index < -0.39 is 0 Å². The Kier molecular flexibility index (Phi) is 10.6. The molecular weight excluding hydrogens is 503 g/mol. The maximum Gasteiger partial charge on any atom is 0.291 e. The lowest BCUT2D eigenvalue weighted by molar-refractivity contribution is 0.0996. The van der Waals surface area contributed by atoms with Crippen LogP contribution in [-0.2, 0) is 13.0 Å². The highest BCUT2D eigenvalue weighted by Gasteiger charge is 2.08. The van der Waals surface area contributed by atoms with Crippen LogP contribution in [0.15, 0.2) is 82.4 Å². The zero-order chi connectivity index (χ0) is 21.0. The number of nitrogens with one attached hydrogen (secondary N) is 3. The minimum atomic E-state index is -0.264. The molecule has 1 aromatic heterocycles. The second-order valence-corrected chi connectivity index (χ2v) is 6.84. The number of nitrogens with zero attached hydrogens (tertiary/aromatic N) is 1. The van der Waals surface area contributed by atoms with E-state index in [4.69, 9.17) is 4.42 Å². The molecule has 6 nitrogen and oxygen atoms in total. The summed E-state index contributed by atoms with van der Waals surface area (Å²) in [6.45, 7) is 4.28. The average Bonchev–Trinajstić information content (AvgIpc) is 3.32. The van der Waals surface area contributed by atoms with Gasteiger partial charge in [-0.1, -0.05) is 42.5 Å². The Morgan fingerprint density at radius 1 is 0.935 bits per heavy atom. The number of hydrogen-bond donors (Lipinski definition) is 3. The van der Waals surface area contributed by atoms with Gasteiger partial charge in [-0.2, -0.15) is 0 Å². The molecule has 3 N–H and O–H groups in total. The second kappa shape index (κ2) is 13.5. The van der Waals surface area contributed by atoms with Crippen LogP contribution in [0.4, 0.5) is 5.69 Å². The first kappa shape index (κ1) is 24.5. The van der Waals surface area contributed by atoms with Crippen LogP contribution in [0, 0.1) is 0 Å². The van der Waals surface area contributed by atoms with Crippen LogP contribution >= 0.6 is 24.0 Å². The molecule has 31 heavy (non-hydrogen) atoms. The zero-order valence-electron chi connectivity index (χ0n) is 17.6. The summed E-state index contributed by atoms with van der Waals surface area (Å²) >= 11 is 0. The molecule has 0 unspecified atom stereocenters. The predicted molar refractivity (Wildman–Crippen MR) is 136 cm³/mol. The van der Waals surface area contributed by atoms with E-state index in [1.165, 1.54) is 11.8 Å². The highest BCUT2D eigenvalue weighted by atomic mass is 127. The van der Waals surface area contributed by atoms with Gasteiger partial charge >= 0.3 is 0 Å². The molecule has 0 fully saturated rings. The summed E-state index contributed by atoms with van der Waals surface area (Å²) in [6, 6.07) is 21.5. The number of aryl methyl sites for hydroxylation is 1. The quantitative estimate of drug-likeness (QED) is 0.160. The van der Waals surface area contributed by atoms with Crippen LogP contribution in [0.1, 0.15) is 35.0 Å². The molecule has 0 aliphatic carbocycles. The fraction of sp³-hybridized carbons (Fsp3) is 0.250. The molecule has 3 rings (SSSR count). The van der Waals surface area contributed by atoms with Gasteiger partial charge in [-0.05, 0) is 55.2 Å². The first-order valence-electron chi connectivity index (χ1n) is 10.2. The zero-order valence-corrected chi connectivity index (χ0v) is 20.0. The maximum atomic E-state index is 12.0. The Bertz CT molecular complexity index is 926. The van der Waals surface area contributed by atoms with Crippen molar-refractivity contribution in [2.45, 2.75) is 26.3 Å². The maximum absolute atomic E-state index is 12.0. The van der Waals surface area contributed by atoms with E-state index in [1.807, 2.05) is 30.3 Å². The lowest BCUT2D eigenvalue weighted by Gasteiger charge is -2.11. The van der Waals surface area contributed by atoms with Crippen molar-refractivity contribution in [3.8, 4) is 0 Å². The van der Waals surface area contributed by atoms with Gasteiger partial charge in [0.2, 0.25) is 0 Å². The summed E-state index contributed by atoms with van der Waals surface area (Å²) in [5, 5.41) is 9.47. The molecule has 0 saturated heterocycles. The van der Waals surface area contributed by atoms with Gasteiger partial charge in [0.25, 0.3) is 5.91 Å². The number of aliphatic imine (C=N–C) groups is 1. The van der Waals surface area contributed by atoms with Crippen molar-refractivity contribution < 1.29 is 9.21 Å². The molecule has 164 valence electrons. The lowest BCUT2D eigenvalue weighted by Crippen LogP contribution is -2.37. The van der Waals surface area contributed by atoms with Crippen molar-refractivity contribution in [3.05, 3.63) is 89.9 Å². The number of benzene rings is 2. The number of furan rings is 1. The van der Waals surface area contributed by atoms with Crippen molar-refractivity contribution in [1.82, 2.24) is 10.6 Å². The lowest BCUT2D eigenvalue weighted by atomic mass is 10.1. The molecular formula is C24H29IN4O2. The molecule has 0 spiro atoms. The van der Waals surface area contributed by atoms with Crippen LogP contribution in [0.5, 0.6) is 0 Å². The van der Waals surface area contributed by atoms with Gasteiger partial charge in [0, 0.05) is 18.8 Å². The fourth-order valence-electron chi connectivity index (χ4n) is 2.95. The summed E-state index contributed by atoms with van der Waals surface area (Å²) in [4.78, 5) is 16.7. The number of halogens is 1. The topological polar surface area (TPSA) is 78.7 Å².